The number of carbonyl (C=O) groups is 2. The van der Waals surface area contributed by atoms with Gasteiger partial charge in [0.05, 0.1) is 13.0 Å². The maximum atomic E-state index is 12.4. The molecule has 1 saturated carbocycles. The summed E-state index contributed by atoms with van der Waals surface area (Å²) >= 11 is 0. The van der Waals surface area contributed by atoms with Crippen molar-refractivity contribution >= 4 is 11.8 Å². The molecule has 1 fully saturated rings. The molecular weight excluding hydrogens is 334 g/mol. The van der Waals surface area contributed by atoms with Gasteiger partial charge in [0.1, 0.15) is 6.10 Å². The minimum Gasteiger partial charge on any atom is -0.503 e. The summed E-state index contributed by atoms with van der Waals surface area (Å²) in [7, 11) is 1.40. The molecule has 1 N–H and O–H groups in total. The Morgan fingerprint density at radius 3 is 2.54 bits per heavy atom. The highest BCUT2D eigenvalue weighted by Crippen LogP contribution is 2.34. The first-order valence-electron chi connectivity index (χ1n) is 9.30. The summed E-state index contributed by atoms with van der Waals surface area (Å²) in [4.78, 5) is 28.7. The standard InChI is InChI=1S/C20H29NO5/c1-12(11-16(22)18-19(23)17(25-4)9-10-21-18)20(24)26-14(3)13(2)15-7-5-6-8-15/h9-10,12-15,23H,5-8,11H2,1-4H3/t12-,13-,14+/m1/s1. The molecule has 0 unspecified atom stereocenters. The normalized spacial score (nSPS) is 18.2. The molecule has 0 radical (unpaired) electrons. The van der Waals surface area contributed by atoms with Gasteiger partial charge >= 0.3 is 5.97 Å². The van der Waals surface area contributed by atoms with E-state index in [4.69, 9.17) is 9.47 Å². The second-order valence-electron chi connectivity index (χ2n) is 7.28. The van der Waals surface area contributed by atoms with Crippen molar-refractivity contribution in [2.75, 3.05) is 7.11 Å². The molecule has 2 rings (SSSR count). The number of Topliss-reactive ketones (excluding diaryl/α,β-unsaturated/α-hetero) is 1. The maximum Gasteiger partial charge on any atom is 0.309 e. The van der Waals surface area contributed by atoms with Gasteiger partial charge in [-0.15, -0.1) is 0 Å². The fraction of sp³-hybridized carbons (Fsp3) is 0.650. The van der Waals surface area contributed by atoms with E-state index >= 15 is 0 Å². The van der Waals surface area contributed by atoms with Gasteiger partial charge in [-0.25, -0.2) is 4.98 Å². The van der Waals surface area contributed by atoms with E-state index in [2.05, 4.69) is 11.9 Å². The summed E-state index contributed by atoms with van der Waals surface area (Å²) < 4.78 is 10.6. The second-order valence-corrected chi connectivity index (χ2v) is 7.28. The molecule has 1 aromatic rings. The van der Waals surface area contributed by atoms with Gasteiger partial charge in [0, 0.05) is 18.7 Å². The minimum atomic E-state index is -0.604. The Morgan fingerprint density at radius 1 is 1.27 bits per heavy atom. The van der Waals surface area contributed by atoms with Crippen LogP contribution in [0.25, 0.3) is 0 Å². The fourth-order valence-electron chi connectivity index (χ4n) is 3.54. The third-order valence-electron chi connectivity index (χ3n) is 5.45. The van der Waals surface area contributed by atoms with Gasteiger partial charge in [0.25, 0.3) is 0 Å². The molecular formula is C20H29NO5. The van der Waals surface area contributed by atoms with Crippen LogP contribution in [0, 0.1) is 17.8 Å². The van der Waals surface area contributed by atoms with Crippen molar-refractivity contribution in [3.63, 3.8) is 0 Å². The zero-order chi connectivity index (χ0) is 19.3. The number of rotatable bonds is 8. The Labute approximate surface area is 154 Å². The van der Waals surface area contributed by atoms with Crippen molar-refractivity contribution in [3.05, 3.63) is 18.0 Å². The molecule has 1 heterocycles. The lowest BCUT2D eigenvalue weighted by molar-refractivity contribution is -0.155. The maximum absolute atomic E-state index is 12.4. The van der Waals surface area contributed by atoms with E-state index in [1.807, 2.05) is 6.92 Å². The quantitative estimate of drug-likeness (QED) is 0.559. The van der Waals surface area contributed by atoms with Crippen molar-refractivity contribution in [1.29, 1.82) is 0 Å². The number of methoxy groups -OCH3 is 1. The molecule has 6 heteroatoms. The van der Waals surface area contributed by atoms with Gasteiger partial charge in [0.2, 0.25) is 0 Å². The predicted molar refractivity (Wildman–Crippen MR) is 97.2 cm³/mol. The molecule has 0 aliphatic heterocycles. The molecule has 1 aliphatic carbocycles. The summed E-state index contributed by atoms with van der Waals surface area (Å²) in [5.74, 6) is -0.615. The van der Waals surface area contributed by atoms with Gasteiger partial charge in [-0.2, -0.15) is 0 Å². The molecule has 0 spiro atoms. The molecule has 1 aliphatic rings. The number of hydrogen-bond donors (Lipinski definition) is 1. The largest absolute Gasteiger partial charge is 0.503 e. The number of ether oxygens (including phenoxy) is 2. The van der Waals surface area contributed by atoms with Crippen LogP contribution in [0.5, 0.6) is 11.5 Å². The van der Waals surface area contributed by atoms with Crippen LogP contribution in [0.4, 0.5) is 0 Å². The van der Waals surface area contributed by atoms with Crippen LogP contribution < -0.4 is 4.74 Å². The van der Waals surface area contributed by atoms with Crippen LogP contribution >= 0.6 is 0 Å². The topological polar surface area (TPSA) is 85.7 Å². The molecule has 0 bridgehead atoms. The molecule has 3 atom stereocenters. The molecule has 6 nitrogen and oxygen atoms in total. The molecule has 26 heavy (non-hydrogen) atoms. The predicted octanol–water partition coefficient (Wildman–Crippen LogP) is 3.76. The summed E-state index contributed by atoms with van der Waals surface area (Å²) in [6.07, 6.45) is 6.02. The van der Waals surface area contributed by atoms with Gasteiger partial charge < -0.3 is 14.6 Å². The summed E-state index contributed by atoms with van der Waals surface area (Å²) in [6, 6.07) is 1.47. The van der Waals surface area contributed by atoms with Crippen molar-refractivity contribution in [2.45, 2.75) is 59.0 Å². The first-order chi connectivity index (χ1) is 12.3. The van der Waals surface area contributed by atoms with Crippen LogP contribution in [0.2, 0.25) is 0 Å². The molecule has 1 aromatic heterocycles. The fourth-order valence-corrected chi connectivity index (χ4v) is 3.54. The Kier molecular flexibility index (Phi) is 7.00. The van der Waals surface area contributed by atoms with Crippen LogP contribution in [0.3, 0.4) is 0 Å². The van der Waals surface area contributed by atoms with Crippen LogP contribution in [-0.2, 0) is 9.53 Å². The lowest BCUT2D eigenvalue weighted by atomic mass is 9.88. The summed E-state index contributed by atoms with van der Waals surface area (Å²) in [5.41, 5.74) is -0.0867. The third-order valence-corrected chi connectivity index (χ3v) is 5.45. The number of nitrogens with zero attached hydrogens (tertiary/aromatic N) is 1. The van der Waals surface area contributed by atoms with Crippen LogP contribution in [-0.4, -0.2) is 35.1 Å². The van der Waals surface area contributed by atoms with E-state index < -0.39 is 17.7 Å². The number of hydrogen-bond acceptors (Lipinski definition) is 6. The van der Waals surface area contributed by atoms with E-state index in [1.165, 1.54) is 45.1 Å². The highest BCUT2D eigenvalue weighted by Gasteiger charge is 2.30. The smallest absolute Gasteiger partial charge is 0.309 e. The number of aromatic hydroxyl groups is 1. The van der Waals surface area contributed by atoms with Crippen LogP contribution in [0.15, 0.2) is 12.3 Å². The van der Waals surface area contributed by atoms with E-state index in [0.29, 0.717) is 11.8 Å². The van der Waals surface area contributed by atoms with Gasteiger partial charge in [-0.05, 0) is 18.8 Å². The van der Waals surface area contributed by atoms with E-state index in [1.54, 1.807) is 6.92 Å². The molecule has 144 valence electrons. The van der Waals surface area contributed by atoms with Crippen molar-refractivity contribution in [2.24, 2.45) is 17.8 Å². The van der Waals surface area contributed by atoms with Gasteiger partial charge in [0.15, 0.2) is 23.0 Å². The lowest BCUT2D eigenvalue weighted by Gasteiger charge is -2.26. The molecule has 0 amide bonds. The zero-order valence-corrected chi connectivity index (χ0v) is 16.0. The Hall–Kier alpha value is -2.11. The Bertz CT molecular complexity index is 639. The van der Waals surface area contributed by atoms with E-state index in [9.17, 15) is 14.7 Å². The molecule has 0 saturated heterocycles. The Morgan fingerprint density at radius 2 is 1.92 bits per heavy atom. The van der Waals surface area contributed by atoms with E-state index in [0.717, 1.165) is 0 Å². The summed E-state index contributed by atoms with van der Waals surface area (Å²) in [5, 5.41) is 10.0. The highest BCUT2D eigenvalue weighted by atomic mass is 16.5. The van der Waals surface area contributed by atoms with Gasteiger partial charge in [-0.1, -0.05) is 39.5 Å². The van der Waals surface area contributed by atoms with Crippen molar-refractivity contribution < 1.29 is 24.2 Å². The average Bonchev–Trinajstić information content (AvgIpc) is 3.15. The Balaban J connectivity index is 1.93. The number of pyridine rings is 1. The number of carbonyl (C=O) groups excluding carboxylic acids is 2. The van der Waals surface area contributed by atoms with E-state index in [-0.39, 0.29) is 29.7 Å². The second kappa shape index (κ2) is 9.01. The average molecular weight is 363 g/mol. The minimum absolute atomic E-state index is 0.0723. The monoisotopic (exact) mass is 363 g/mol. The highest BCUT2D eigenvalue weighted by molar-refractivity contribution is 5.99. The first kappa shape index (κ1) is 20.2. The number of ketones is 1. The SMILES string of the molecule is COc1ccnc(C(=O)C[C@@H](C)C(=O)O[C@@H](C)[C@@H](C)C2CCCC2)c1O. The van der Waals surface area contributed by atoms with Crippen molar-refractivity contribution in [3.8, 4) is 11.5 Å². The van der Waals surface area contributed by atoms with Gasteiger partial charge in [-0.3, -0.25) is 9.59 Å². The third kappa shape index (κ3) is 4.74. The van der Waals surface area contributed by atoms with Crippen LogP contribution in [0.1, 0.15) is 63.4 Å². The first-order valence-corrected chi connectivity index (χ1v) is 9.30. The lowest BCUT2D eigenvalue weighted by Crippen LogP contribution is -2.30. The zero-order valence-electron chi connectivity index (χ0n) is 16.0. The van der Waals surface area contributed by atoms with Crippen molar-refractivity contribution in [1.82, 2.24) is 4.98 Å². The molecule has 0 aromatic carbocycles. The summed E-state index contributed by atoms with van der Waals surface area (Å²) in [6.45, 7) is 5.71. The number of aromatic nitrogens is 1. The number of esters is 1.